The molecule has 0 radical (unpaired) electrons. The Morgan fingerprint density at radius 1 is 1.03 bits per heavy atom. The molecule has 4 rings (SSSR count). The summed E-state index contributed by atoms with van der Waals surface area (Å²) in [5, 5.41) is 3.06. The smallest absolute Gasteiger partial charge is 0.241 e. The van der Waals surface area contributed by atoms with Gasteiger partial charge in [-0.3, -0.25) is 9.69 Å². The van der Waals surface area contributed by atoms with E-state index in [0.717, 1.165) is 36.6 Å². The van der Waals surface area contributed by atoms with Crippen LogP contribution in [-0.2, 0) is 11.4 Å². The monoisotopic (exact) mass is 443 g/mol. The molecule has 0 saturated carbocycles. The van der Waals surface area contributed by atoms with Gasteiger partial charge in [-0.1, -0.05) is 42.5 Å². The molecule has 33 heavy (non-hydrogen) atoms. The molecule has 3 aromatic rings. The summed E-state index contributed by atoms with van der Waals surface area (Å²) in [4.78, 5) is 17.6. The van der Waals surface area contributed by atoms with Crippen molar-refractivity contribution in [1.29, 1.82) is 0 Å². The van der Waals surface area contributed by atoms with Crippen LogP contribution in [-0.4, -0.2) is 42.5 Å². The summed E-state index contributed by atoms with van der Waals surface area (Å²) >= 11 is 0. The predicted octanol–water partition coefficient (Wildman–Crippen LogP) is 5.11. The van der Waals surface area contributed by atoms with Crippen molar-refractivity contribution in [2.45, 2.75) is 39.5 Å². The van der Waals surface area contributed by atoms with Gasteiger partial charge in [-0.05, 0) is 68.3 Å². The minimum absolute atomic E-state index is 0.0177. The van der Waals surface area contributed by atoms with E-state index in [0.29, 0.717) is 12.6 Å². The molecule has 5 nitrogen and oxygen atoms in total. The van der Waals surface area contributed by atoms with Crippen LogP contribution in [0.2, 0.25) is 0 Å². The first kappa shape index (κ1) is 22.9. The fourth-order valence-electron chi connectivity index (χ4n) is 4.32. The number of carbonyl (C=O) groups is 1. The second kappa shape index (κ2) is 10.5. The zero-order valence-electron chi connectivity index (χ0n) is 19.7. The summed E-state index contributed by atoms with van der Waals surface area (Å²) in [6, 6.07) is 26.4. The molecule has 1 fully saturated rings. The van der Waals surface area contributed by atoms with Crippen molar-refractivity contribution in [2.75, 3.05) is 29.9 Å². The lowest BCUT2D eigenvalue weighted by Gasteiger charge is -2.43. The third-order valence-electron chi connectivity index (χ3n) is 6.29. The molecule has 0 aromatic heterocycles. The molecule has 1 saturated heterocycles. The average molecular weight is 444 g/mol. The van der Waals surface area contributed by atoms with E-state index in [2.05, 4.69) is 53.2 Å². The molecule has 1 amide bonds. The lowest BCUT2D eigenvalue weighted by atomic mass is 10.1. The lowest BCUT2D eigenvalue weighted by Crippen LogP contribution is -2.56. The van der Waals surface area contributed by atoms with Crippen molar-refractivity contribution in [3.05, 3.63) is 90.0 Å². The Hall–Kier alpha value is -3.31. The summed E-state index contributed by atoms with van der Waals surface area (Å²) in [5.74, 6) is 0.801. The van der Waals surface area contributed by atoms with Crippen molar-refractivity contribution in [2.24, 2.45) is 0 Å². The fraction of sp³-hybridized carbons (Fsp3) is 0.321. The van der Waals surface area contributed by atoms with Gasteiger partial charge in [0.2, 0.25) is 5.91 Å². The highest BCUT2D eigenvalue weighted by Gasteiger charge is 2.29. The third kappa shape index (κ3) is 5.93. The van der Waals surface area contributed by atoms with Crippen molar-refractivity contribution in [3.63, 3.8) is 0 Å². The van der Waals surface area contributed by atoms with Crippen LogP contribution in [0, 0.1) is 6.92 Å². The minimum Gasteiger partial charge on any atom is -0.489 e. The maximum Gasteiger partial charge on any atom is 0.241 e. The maximum atomic E-state index is 12.9. The van der Waals surface area contributed by atoms with Crippen molar-refractivity contribution < 1.29 is 9.53 Å². The molecule has 0 unspecified atom stereocenters. The van der Waals surface area contributed by atoms with Crippen LogP contribution < -0.4 is 15.0 Å². The van der Waals surface area contributed by atoms with Crippen LogP contribution in [0.4, 0.5) is 11.4 Å². The Morgan fingerprint density at radius 2 is 1.79 bits per heavy atom. The van der Waals surface area contributed by atoms with E-state index in [1.54, 1.807) is 0 Å². The van der Waals surface area contributed by atoms with Crippen LogP contribution in [0.5, 0.6) is 5.75 Å². The van der Waals surface area contributed by atoms with Gasteiger partial charge in [0.15, 0.2) is 0 Å². The summed E-state index contributed by atoms with van der Waals surface area (Å²) in [5.41, 5.74) is 4.44. The topological polar surface area (TPSA) is 44.8 Å². The molecule has 1 aliphatic rings. The molecule has 0 aliphatic carbocycles. The first-order valence-electron chi connectivity index (χ1n) is 11.6. The standard InChI is InChI=1S/C28H33N3O2/c1-21-8-7-11-26(18-21)31-17-16-30(19-22(31)2)23(3)28(32)29-25-12-14-27(15-13-25)33-20-24-9-5-4-6-10-24/h4-15,18,22-23H,16-17,19-20H2,1-3H3,(H,29,32)/t22-,23-/m0/s1. The summed E-state index contributed by atoms with van der Waals surface area (Å²) in [6.07, 6.45) is 0. The number of carbonyl (C=O) groups excluding carboxylic acids is 1. The number of anilines is 2. The number of nitrogens with zero attached hydrogens (tertiary/aromatic N) is 2. The molecule has 5 heteroatoms. The van der Waals surface area contributed by atoms with Gasteiger partial charge in [0, 0.05) is 37.1 Å². The zero-order chi connectivity index (χ0) is 23.2. The fourth-order valence-corrected chi connectivity index (χ4v) is 4.32. The molecule has 0 spiro atoms. The molecule has 2 atom stereocenters. The second-order valence-electron chi connectivity index (χ2n) is 8.84. The molecule has 1 heterocycles. The number of aryl methyl sites for hydroxylation is 1. The van der Waals surface area contributed by atoms with Gasteiger partial charge in [0.1, 0.15) is 12.4 Å². The Labute approximate surface area is 197 Å². The third-order valence-corrected chi connectivity index (χ3v) is 6.29. The minimum atomic E-state index is -0.193. The Bertz CT molecular complexity index is 1050. The van der Waals surface area contributed by atoms with Gasteiger partial charge >= 0.3 is 0 Å². The van der Waals surface area contributed by atoms with Gasteiger partial charge < -0.3 is 15.0 Å². The van der Waals surface area contributed by atoms with Gasteiger partial charge in [0.25, 0.3) is 0 Å². The van der Waals surface area contributed by atoms with Gasteiger partial charge in [-0.2, -0.15) is 0 Å². The molecule has 1 N–H and O–H groups in total. The summed E-state index contributed by atoms with van der Waals surface area (Å²) in [7, 11) is 0. The highest BCUT2D eigenvalue weighted by molar-refractivity contribution is 5.94. The van der Waals surface area contributed by atoms with Crippen LogP contribution in [0.25, 0.3) is 0 Å². The van der Waals surface area contributed by atoms with E-state index in [1.807, 2.05) is 61.5 Å². The number of hydrogen-bond acceptors (Lipinski definition) is 4. The maximum absolute atomic E-state index is 12.9. The number of amides is 1. The van der Waals surface area contributed by atoms with Crippen molar-refractivity contribution in [3.8, 4) is 5.75 Å². The van der Waals surface area contributed by atoms with E-state index in [1.165, 1.54) is 11.3 Å². The van der Waals surface area contributed by atoms with Crippen LogP contribution in [0.1, 0.15) is 25.0 Å². The Kier molecular flexibility index (Phi) is 7.30. The van der Waals surface area contributed by atoms with E-state index < -0.39 is 0 Å². The van der Waals surface area contributed by atoms with Crippen LogP contribution in [0.3, 0.4) is 0 Å². The highest BCUT2D eigenvalue weighted by Crippen LogP contribution is 2.23. The quantitative estimate of drug-likeness (QED) is 0.551. The SMILES string of the molecule is Cc1cccc(N2CCN([C@@H](C)C(=O)Nc3ccc(OCc4ccccc4)cc3)C[C@@H]2C)c1. The summed E-state index contributed by atoms with van der Waals surface area (Å²) in [6.45, 7) is 9.49. The number of piperazine rings is 1. The number of hydrogen-bond donors (Lipinski definition) is 1. The van der Waals surface area contributed by atoms with E-state index in [-0.39, 0.29) is 11.9 Å². The first-order chi connectivity index (χ1) is 16.0. The average Bonchev–Trinajstić information content (AvgIpc) is 2.83. The zero-order valence-corrected chi connectivity index (χ0v) is 19.7. The van der Waals surface area contributed by atoms with Crippen LogP contribution >= 0.6 is 0 Å². The molecule has 172 valence electrons. The number of rotatable bonds is 7. The number of nitrogens with one attached hydrogen (secondary N) is 1. The molecule has 3 aromatic carbocycles. The van der Waals surface area contributed by atoms with Crippen molar-refractivity contribution in [1.82, 2.24) is 4.90 Å². The van der Waals surface area contributed by atoms with Gasteiger partial charge in [-0.15, -0.1) is 0 Å². The van der Waals surface area contributed by atoms with Crippen molar-refractivity contribution >= 4 is 17.3 Å². The second-order valence-corrected chi connectivity index (χ2v) is 8.84. The Morgan fingerprint density at radius 3 is 2.48 bits per heavy atom. The predicted molar refractivity (Wildman–Crippen MR) is 135 cm³/mol. The first-order valence-corrected chi connectivity index (χ1v) is 11.6. The van der Waals surface area contributed by atoms with E-state index in [4.69, 9.17) is 4.74 Å². The highest BCUT2D eigenvalue weighted by atomic mass is 16.5. The lowest BCUT2D eigenvalue weighted by molar-refractivity contribution is -0.121. The molecule has 1 aliphatic heterocycles. The van der Waals surface area contributed by atoms with Crippen LogP contribution in [0.15, 0.2) is 78.9 Å². The number of benzene rings is 3. The van der Waals surface area contributed by atoms with E-state index >= 15 is 0 Å². The molecule has 0 bridgehead atoms. The van der Waals surface area contributed by atoms with E-state index in [9.17, 15) is 4.79 Å². The normalized spacial score (nSPS) is 17.4. The van der Waals surface area contributed by atoms with Gasteiger partial charge in [-0.25, -0.2) is 0 Å². The summed E-state index contributed by atoms with van der Waals surface area (Å²) < 4.78 is 5.83. The van der Waals surface area contributed by atoms with Gasteiger partial charge in [0.05, 0.1) is 6.04 Å². The Balaban J connectivity index is 1.28. The molecular weight excluding hydrogens is 410 g/mol. The molecular formula is C28H33N3O2. The largest absolute Gasteiger partial charge is 0.489 e. The number of ether oxygens (including phenoxy) is 1.